The van der Waals surface area contributed by atoms with Crippen LogP contribution in [0.15, 0.2) is 36.4 Å². The fourth-order valence-corrected chi connectivity index (χ4v) is 5.10. The SMILES string of the molecule is CC(C)[Si]c1cc(C(C)(C)CC(C)(C)C)cc(-n2nc3ccccc3n2)c1O. The summed E-state index contributed by atoms with van der Waals surface area (Å²) in [6.45, 7) is 15.8. The highest BCUT2D eigenvalue weighted by molar-refractivity contribution is 6.56. The number of aromatic nitrogens is 3. The molecule has 148 valence electrons. The van der Waals surface area contributed by atoms with Crippen LogP contribution in [0, 0.1) is 5.41 Å². The van der Waals surface area contributed by atoms with Gasteiger partial charge in [-0.2, -0.15) is 0 Å². The van der Waals surface area contributed by atoms with Gasteiger partial charge in [-0.25, -0.2) is 0 Å². The van der Waals surface area contributed by atoms with Crippen molar-refractivity contribution in [3.05, 3.63) is 42.0 Å². The van der Waals surface area contributed by atoms with Crippen LogP contribution in [0.25, 0.3) is 16.7 Å². The second-order valence-corrected chi connectivity index (χ2v) is 11.8. The van der Waals surface area contributed by atoms with Gasteiger partial charge in [0.15, 0.2) is 0 Å². The number of phenolic OH excluding ortho intramolecular Hbond substituents is 1. The van der Waals surface area contributed by atoms with Gasteiger partial charge < -0.3 is 5.11 Å². The summed E-state index contributed by atoms with van der Waals surface area (Å²) in [6, 6.07) is 12.0. The third kappa shape index (κ3) is 4.46. The number of aromatic hydroxyl groups is 1. The Bertz CT molecular complexity index is 950. The molecule has 1 aromatic heterocycles. The van der Waals surface area contributed by atoms with Crippen molar-refractivity contribution < 1.29 is 5.11 Å². The van der Waals surface area contributed by atoms with Gasteiger partial charge in [0.2, 0.25) is 0 Å². The molecule has 0 aliphatic carbocycles. The predicted molar refractivity (Wildman–Crippen MR) is 118 cm³/mol. The average Bonchev–Trinajstić information content (AvgIpc) is 2.97. The summed E-state index contributed by atoms with van der Waals surface area (Å²) < 4.78 is 0. The van der Waals surface area contributed by atoms with Crippen LogP contribution in [0.4, 0.5) is 0 Å². The van der Waals surface area contributed by atoms with E-state index in [1.165, 1.54) is 5.56 Å². The summed E-state index contributed by atoms with van der Waals surface area (Å²) in [7, 11) is 0.535. The highest BCUT2D eigenvalue weighted by Crippen LogP contribution is 2.37. The number of phenols is 1. The molecule has 3 aromatic rings. The van der Waals surface area contributed by atoms with Gasteiger partial charge in [-0.3, -0.25) is 0 Å². The third-order valence-corrected chi connectivity index (χ3v) is 6.06. The molecule has 2 aromatic carbocycles. The summed E-state index contributed by atoms with van der Waals surface area (Å²) >= 11 is 0. The molecule has 2 radical (unpaired) electrons. The van der Waals surface area contributed by atoms with E-state index in [1.807, 2.05) is 24.3 Å². The zero-order chi connectivity index (χ0) is 20.7. The smallest absolute Gasteiger partial charge is 0.141 e. The van der Waals surface area contributed by atoms with Crippen LogP contribution >= 0.6 is 0 Å². The molecule has 4 nitrogen and oxygen atoms in total. The van der Waals surface area contributed by atoms with E-state index in [2.05, 4.69) is 70.8 Å². The Kier molecular flexibility index (Phi) is 5.41. The first-order valence-corrected chi connectivity index (χ1v) is 11.0. The lowest BCUT2D eigenvalue weighted by Crippen LogP contribution is -2.28. The highest BCUT2D eigenvalue weighted by Gasteiger charge is 2.29. The van der Waals surface area contributed by atoms with Crippen molar-refractivity contribution in [3.63, 3.8) is 0 Å². The molecule has 1 N–H and O–H groups in total. The number of hydrogen-bond donors (Lipinski definition) is 1. The van der Waals surface area contributed by atoms with E-state index in [-0.39, 0.29) is 10.8 Å². The quantitative estimate of drug-likeness (QED) is 0.621. The number of nitrogens with zero attached hydrogens (tertiary/aromatic N) is 3. The van der Waals surface area contributed by atoms with Crippen molar-refractivity contribution in [3.8, 4) is 11.4 Å². The molecule has 0 aliphatic heterocycles. The Morgan fingerprint density at radius 2 is 1.57 bits per heavy atom. The Balaban J connectivity index is 2.18. The Morgan fingerprint density at radius 1 is 1.00 bits per heavy atom. The molecule has 3 rings (SSSR count). The Labute approximate surface area is 170 Å². The maximum Gasteiger partial charge on any atom is 0.141 e. The fraction of sp³-hybridized carbons (Fsp3) is 0.478. The van der Waals surface area contributed by atoms with Crippen LogP contribution in [0.1, 0.15) is 60.5 Å². The maximum atomic E-state index is 11.0. The van der Waals surface area contributed by atoms with Crippen LogP contribution in [-0.4, -0.2) is 29.6 Å². The van der Waals surface area contributed by atoms with Gasteiger partial charge >= 0.3 is 0 Å². The largest absolute Gasteiger partial charge is 0.506 e. The number of fused-ring (bicyclic) bond motifs is 1. The topological polar surface area (TPSA) is 50.9 Å². The van der Waals surface area contributed by atoms with Crippen LogP contribution in [0.2, 0.25) is 5.54 Å². The molecule has 0 atom stereocenters. The minimum atomic E-state index is -0.0243. The normalized spacial score (nSPS) is 12.9. The molecule has 28 heavy (non-hydrogen) atoms. The molecular weight excluding hydrogens is 362 g/mol. The average molecular weight is 394 g/mol. The molecule has 0 spiro atoms. The monoisotopic (exact) mass is 393 g/mol. The summed E-state index contributed by atoms with van der Waals surface area (Å²) in [5, 5.41) is 21.3. The minimum absolute atomic E-state index is 0.0243. The summed E-state index contributed by atoms with van der Waals surface area (Å²) in [4.78, 5) is 1.59. The maximum absolute atomic E-state index is 11.0. The first-order valence-electron chi connectivity index (χ1n) is 9.93. The van der Waals surface area contributed by atoms with Crippen molar-refractivity contribution >= 4 is 25.7 Å². The van der Waals surface area contributed by atoms with Crippen molar-refractivity contribution in [1.82, 2.24) is 15.0 Å². The molecule has 0 bridgehead atoms. The van der Waals surface area contributed by atoms with E-state index in [1.54, 1.807) is 4.80 Å². The second-order valence-electron chi connectivity index (χ2n) is 9.79. The van der Waals surface area contributed by atoms with Crippen LogP contribution in [0.5, 0.6) is 5.75 Å². The van der Waals surface area contributed by atoms with Gasteiger partial charge in [0, 0.05) is 0 Å². The van der Waals surface area contributed by atoms with Crippen molar-refractivity contribution in [2.75, 3.05) is 0 Å². The van der Waals surface area contributed by atoms with E-state index in [9.17, 15) is 5.11 Å². The lowest BCUT2D eigenvalue weighted by Gasteiger charge is -2.33. The van der Waals surface area contributed by atoms with Crippen molar-refractivity contribution in [1.29, 1.82) is 0 Å². The Morgan fingerprint density at radius 3 is 2.07 bits per heavy atom. The molecule has 0 amide bonds. The van der Waals surface area contributed by atoms with E-state index < -0.39 is 0 Å². The fourth-order valence-electron chi connectivity index (χ4n) is 3.98. The molecule has 0 saturated carbocycles. The summed E-state index contributed by atoms with van der Waals surface area (Å²) in [5.74, 6) is 0.294. The van der Waals surface area contributed by atoms with Crippen LogP contribution in [0.3, 0.4) is 0 Å². The Hall–Kier alpha value is -2.14. The number of rotatable bonds is 5. The zero-order valence-electron chi connectivity index (χ0n) is 18.0. The highest BCUT2D eigenvalue weighted by atomic mass is 28.2. The minimum Gasteiger partial charge on any atom is -0.506 e. The van der Waals surface area contributed by atoms with Crippen LogP contribution < -0.4 is 5.19 Å². The number of hydrogen-bond acceptors (Lipinski definition) is 3. The van der Waals surface area contributed by atoms with E-state index in [0.29, 0.717) is 26.5 Å². The predicted octanol–water partition coefficient (Wildman–Crippen LogP) is 5.00. The molecule has 0 fully saturated rings. The lowest BCUT2D eigenvalue weighted by molar-refractivity contribution is 0.284. The van der Waals surface area contributed by atoms with E-state index >= 15 is 0 Å². The van der Waals surface area contributed by atoms with E-state index in [4.69, 9.17) is 0 Å². The first kappa shape index (κ1) is 20.6. The lowest BCUT2D eigenvalue weighted by atomic mass is 9.72. The zero-order valence-corrected chi connectivity index (χ0v) is 19.0. The van der Waals surface area contributed by atoms with Crippen molar-refractivity contribution in [2.24, 2.45) is 5.41 Å². The van der Waals surface area contributed by atoms with E-state index in [0.717, 1.165) is 22.6 Å². The third-order valence-electron chi connectivity index (χ3n) is 4.79. The molecule has 5 heteroatoms. The number of benzene rings is 2. The van der Waals surface area contributed by atoms with Gasteiger partial charge in [-0.1, -0.05) is 72.2 Å². The van der Waals surface area contributed by atoms with Gasteiger partial charge in [0.25, 0.3) is 0 Å². The van der Waals surface area contributed by atoms with Crippen LogP contribution in [-0.2, 0) is 5.41 Å². The van der Waals surface area contributed by atoms with Gasteiger partial charge in [0.1, 0.15) is 22.5 Å². The summed E-state index contributed by atoms with van der Waals surface area (Å²) in [5.41, 5.74) is 4.20. The first-order chi connectivity index (χ1) is 13.0. The summed E-state index contributed by atoms with van der Waals surface area (Å²) in [6.07, 6.45) is 1.04. The van der Waals surface area contributed by atoms with Gasteiger partial charge in [-0.05, 0) is 46.2 Å². The van der Waals surface area contributed by atoms with Crippen molar-refractivity contribution in [2.45, 2.75) is 65.8 Å². The molecule has 0 saturated heterocycles. The second kappa shape index (κ2) is 7.36. The molecule has 0 aliphatic rings. The standard InChI is InChI=1S/C23H31N3OSi/c1-15(2)28-20-13-16(23(6,7)14-22(3,4)5)12-19(21(20)27)26-24-17-10-8-9-11-18(17)25-26/h8-13,15,27H,14H2,1-7H3. The van der Waals surface area contributed by atoms with Gasteiger partial charge in [-0.15, -0.1) is 15.0 Å². The molecular formula is C23H31N3OSi. The molecule has 1 heterocycles. The molecule has 0 unspecified atom stereocenters. The van der Waals surface area contributed by atoms with Gasteiger partial charge in [0.05, 0.1) is 9.52 Å².